The molecule has 158 valence electrons. The average Bonchev–Trinajstić information content (AvgIpc) is 3.30. The van der Waals surface area contributed by atoms with Crippen LogP contribution in [0.25, 0.3) is 16.7 Å². The Kier molecular flexibility index (Phi) is 5.09. The quantitative estimate of drug-likeness (QED) is 0.434. The van der Waals surface area contributed by atoms with Gasteiger partial charge in [0.25, 0.3) is 11.8 Å². The number of ether oxygens (including phenoxy) is 2. The van der Waals surface area contributed by atoms with E-state index in [0.29, 0.717) is 28.7 Å². The maximum Gasteiger partial charge on any atom is 0.266 e. The zero-order valence-electron chi connectivity index (χ0n) is 17.2. The van der Waals surface area contributed by atoms with Gasteiger partial charge in [-0.3, -0.25) is 9.20 Å². The standard InChI is InChI=1S/C24H19N5O3/c1-16-7-2-5-12-21(16)31-14-22(30)26-17-8-6-9-18(13-17)32-24-23-28-25-15-29(23)20-11-4-3-10-19(20)27-24/h2-13,15H,14H2,1H3,(H,26,30). The number of nitrogens with one attached hydrogen (secondary N) is 1. The van der Waals surface area contributed by atoms with Gasteiger partial charge in [0.2, 0.25) is 5.65 Å². The molecule has 32 heavy (non-hydrogen) atoms. The highest BCUT2D eigenvalue weighted by Gasteiger charge is 2.13. The molecule has 5 aromatic rings. The molecule has 0 unspecified atom stereocenters. The summed E-state index contributed by atoms with van der Waals surface area (Å²) in [5.41, 5.74) is 3.70. The van der Waals surface area contributed by atoms with Gasteiger partial charge in [0, 0.05) is 11.8 Å². The fourth-order valence-electron chi connectivity index (χ4n) is 3.36. The molecule has 8 heteroatoms. The normalized spacial score (nSPS) is 10.9. The molecule has 0 bridgehead atoms. The summed E-state index contributed by atoms with van der Waals surface area (Å²) in [4.78, 5) is 16.9. The van der Waals surface area contributed by atoms with Crippen molar-refractivity contribution >= 4 is 28.3 Å². The summed E-state index contributed by atoms with van der Waals surface area (Å²) in [5, 5.41) is 10.9. The van der Waals surface area contributed by atoms with E-state index in [4.69, 9.17) is 9.47 Å². The van der Waals surface area contributed by atoms with Crippen LogP contribution in [-0.4, -0.2) is 32.1 Å². The highest BCUT2D eigenvalue weighted by atomic mass is 16.5. The van der Waals surface area contributed by atoms with Crippen molar-refractivity contribution < 1.29 is 14.3 Å². The molecule has 2 aromatic heterocycles. The van der Waals surface area contributed by atoms with E-state index in [1.165, 1.54) is 0 Å². The number of hydrogen-bond acceptors (Lipinski definition) is 6. The minimum absolute atomic E-state index is 0.0947. The predicted octanol–water partition coefficient (Wildman–Crippen LogP) is 4.40. The van der Waals surface area contributed by atoms with Gasteiger partial charge in [-0.05, 0) is 42.8 Å². The molecule has 0 aliphatic carbocycles. The summed E-state index contributed by atoms with van der Waals surface area (Å²) in [7, 11) is 0. The van der Waals surface area contributed by atoms with E-state index in [1.54, 1.807) is 30.6 Å². The molecule has 0 radical (unpaired) electrons. The molecule has 5 rings (SSSR count). The molecule has 0 spiro atoms. The maximum absolute atomic E-state index is 12.3. The number of aromatic nitrogens is 4. The zero-order chi connectivity index (χ0) is 21.9. The molecule has 8 nitrogen and oxygen atoms in total. The summed E-state index contributed by atoms with van der Waals surface area (Å²) in [6.07, 6.45) is 1.62. The number of benzene rings is 3. The molecular weight excluding hydrogens is 406 g/mol. The molecule has 1 N–H and O–H groups in total. The number of fused-ring (bicyclic) bond motifs is 3. The van der Waals surface area contributed by atoms with Crippen LogP contribution in [-0.2, 0) is 4.79 Å². The first-order valence-electron chi connectivity index (χ1n) is 10.0. The Morgan fingerprint density at radius 1 is 1.03 bits per heavy atom. The topological polar surface area (TPSA) is 90.6 Å². The maximum atomic E-state index is 12.3. The fraction of sp³-hybridized carbons (Fsp3) is 0.0833. The van der Waals surface area contributed by atoms with E-state index in [2.05, 4.69) is 20.5 Å². The van der Waals surface area contributed by atoms with Gasteiger partial charge in [-0.15, -0.1) is 10.2 Å². The van der Waals surface area contributed by atoms with E-state index in [1.807, 2.05) is 59.9 Å². The van der Waals surface area contributed by atoms with Crippen LogP contribution in [0.2, 0.25) is 0 Å². The highest BCUT2D eigenvalue weighted by molar-refractivity contribution is 5.92. The Hall–Kier alpha value is -4.46. The van der Waals surface area contributed by atoms with E-state index in [9.17, 15) is 4.79 Å². The lowest BCUT2D eigenvalue weighted by Gasteiger charge is -2.11. The Bertz CT molecular complexity index is 1430. The van der Waals surface area contributed by atoms with Gasteiger partial charge < -0.3 is 14.8 Å². The molecule has 0 atom stereocenters. The number of carbonyl (C=O) groups excluding carboxylic acids is 1. The summed E-state index contributed by atoms with van der Waals surface area (Å²) < 4.78 is 13.4. The van der Waals surface area contributed by atoms with Crippen LogP contribution >= 0.6 is 0 Å². The monoisotopic (exact) mass is 425 g/mol. The largest absolute Gasteiger partial charge is 0.483 e. The van der Waals surface area contributed by atoms with E-state index < -0.39 is 0 Å². The zero-order valence-corrected chi connectivity index (χ0v) is 17.2. The second-order valence-corrected chi connectivity index (χ2v) is 7.16. The van der Waals surface area contributed by atoms with Crippen LogP contribution in [0.15, 0.2) is 79.1 Å². The fourth-order valence-corrected chi connectivity index (χ4v) is 3.36. The first kappa shape index (κ1) is 19.5. The van der Waals surface area contributed by atoms with Gasteiger partial charge in [0.1, 0.15) is 17.8 Å². The first-order valence-corrected chi connectivity index (χ1v) is 10.0. The third-order valence-electron chi connectivity index (χ3n) is 4.89. The number of carbonyl (C=O) groups is 1. The Labute approximate surface area is 183 Å². The van der Waals surface area contributed by atoms with Gasteiger partial charge >= 0.3 is 0 Å². The molecule has 1 amide bonds. The number of para-hydroxylation sites is 3. The van der Waals surface area contributed by atoms with Gasteiger partial charge in [0.15, 0.2) is 6.61 Å². The van der Waals surface area contributed by atoms with Crippen molar-refractivity contribution in [3.05, 3.63) is 84.7 Å². The molecule has 3 aromatic carbocycles. The summed E-state index contributed by atoms with van der Waals surface area (Å²) >= 11 is 0. The Morgan fingerprint density at radius 2 is 1.88 bits per heavy atom. The predicted molar refractivity (Wildman–Crippen MR) is 120 cm³/mol. The minimum Gasteiger partial charge on any atom is -0.483 e. The van der Waals surface area contributed by atoms with Crippen LogP contribution < -0.4 is 14.8 Å². The Morgan fingerprint density at radius 3 is 2.78 bits per heavy atom. The van der Waals surface area contributed by atoms with Crippen molar-refractivity contribution in [1.82, 2.24) is 19.6 Å². The molecular formula is C24H19N5O3. The number of nitrogens with zero attached hydrogens (tertiary/aromatic N) is 4. The van der Waals surface area contributed by atoms with Gasteiger partial charge in [-0.2, -0.15) is 0 Å². The number of rotatable bonds is 6. The molecule has 0 aliphatic heterocycles. The second-order valence-electron chi connectivity index (χ2n) is 7.16. The van der Waals surface area contributed by atoms with Gasteiger partial charge in [-0.1, -0.05) is 36.4 Å². The third-order valence-corrected chi connectivity index (χ3v) is 4.89. The molecule has 0 aliphatic rings. The minimum atomic E-state index is -0.269. The number of hydrogen-bond donors (Lipinski definition) is 1. The van der Waals surface area contributed by atoms with Crippen LogP contribution in [0.1, 0.15) is 5.56 Å². The van der Waals surface area contributed by atoms with Crippen molar-refractivity contribution in [3.8, 4) is 17.4 Å². The first-order chi connectivity index (χ1) is 15.7. The van der Waals surface area contributed by atoms with E-state index in [-0.39, 0.29) is 12.5 Å². The van der Waals surface area contributed by atoms with Crippen molar-refractivity contribution in [2.75, 3.05) is 11.9 Å². The van der Waals surface area contributed by atoms with Crippen LogP contribution in [0.4, 0.5) is 5.69 Å². The van der Waals surface area contributed by atoms with Gasteiger partial charge in [0.05, 0.1) is 11.0 Å². The molecule has 0 fully saturated rings. The lowest BCUT2D eigenvalue weighted by atomic mass is 10.2. The SMILES string of the molecule is Cc1ccccc1OCC(=O)Nc1cccc(Oc2nc3ccccc3n3cnnc23)c1. The average molecular weight is 425 g/mol. The third kappa shape index (κ3) is 3.93. The smallest absolute Gasteiger partial charge is 0.266 e. The summed E-state index contributed by atoms with van der Waals surface area (Å²) in [5.74, 6) is 1.25. The van der Waals surface area contributed by atoms with Crippen molar-refractivity contribution in [1.29, 1.82) is 0 Å². The number of amides is 1. The highest BCUT2D eigenvalue weighted by Crippen LogP contribution is 2.28. The second kappa shape index (κ2) is 8.35. The summed E-state index contributed by atoms with van der Waals surface area (Å²) in [6, 6.07) is 22.3. The number of aryl methyl sites for hydroxylation is 1. The van der Waals surface area contributed by atoms with Crippen molar-refractivity contribution in [2.24, 2.45) is 0 Å². The molecule has 0 saturated carbocycles. The van der Waals surface area contributed by atoms with Gasteiger partial charge in [-0.25, -0.2) is 4.98 Å². The lowest BCUT2D eigenvalue weighted by molar-refractivity contribution is -0.118. The van der Waals surface area contributed by atoms with E-state index >= 15 is 0 Å². The summed E-state index contributed by atoms with van der Waals surface area (Å²) in [6.45, 7) is 1.84. The van der Waals surface area contributed by atoms with Crippen molar-refractivity contribution in [2.45, 2.75) is 6.92 Å². The number of anilines is 1. The molecule has 0 saturated heterocycles. The lowest BCUT2D eigenvalue weighted by Crippen LogP contribution is -2.20. The van der Waals surface area contributed by atoms with Crippen LogP contribution in [0.3, 0.4) is 0 Å². The van der Waals surface area contributed by atoms with Crippen LogP contribution in [0.5, 0.6) is 17.4 Å². The van der Waals surface area contributed by atoms with Crippen molar-refractivity contribution in [3.63, 3.8) is 0 Å². The van der Waals surface area contributed by atoms with E-state index in [0.717, 1.165) is 16.6 Å². The Balaban J connectivity index is 1.33. The van der Waals surface area contributed by atoms with Crippen LogP contribution in [0, 0.1) is 6.92 Å². The molecule has 2 heterocycles.